The van der Waals surface area contributed by atoms with Gasteiger partial charge in [-0.25, -0.2) is 13.2 Å². The van der Waals surface area contributed by atoms with Gasteiger partial charge in [-0.1, -0.05) is 12.1 Å². The quantitative estimate of drug-likeness (QED) is 0.333. The Bertz CT molecular complexity index is 1070. The molecule has 10 heteroatoms. The average molecular weight is 479 g/mol. The minimum atomic E-state index is -3.50. The molecule has 2 rings (SSSR count). The summed E-state index contributed by atoms with van der Waals surface area (Å²) in [6.07, 6.45) is 3.00. The molecule has 0 unspecified atom stereocenters. The number of nitrogens with zero attached hydrogens (tertiary/aromatic N) is 1. The number of unbranched alkanes of at least 4 members (excludes halogenated alkanes) is 2. The third-order valence-electron chi connectivity index (χ3n) is 5.03. The lowest BCUT2D eigenvalue weighted by Crippen LogP contribution is -2.32. The molecule has 0 saturated heterocycles. The first kappa shape index (κ1) is 26.0. The molecule has 180 valence electrons. The predicted octanol–water partition coefficient (Wildman–Crippen LogP) is 3.63. The molecule has 1 amide bonds. The minimum absolute atomic E-state index is 0.278. The number of amides is 1. The van der Waals surface area contributed by atoms with Gasteiger partial charge in [0.2, 0.25) is 10.0 Å². The third kappa shape index (κ3) is 7.98. The summed E-state index contributed by atoms with van der Waals surface area (Å²) < 4.78 is 36.6. The summed E-state index contributed by atoms with van der Waals surface area (Å²) in [6.45, 7) is 0.629. The van der Waals surface area contributed by atoms with E-state index in [0.29, 0.717) is 49.4 Å². The van der Waals surface area contributed by atoms with Gasteiger partial charge >= 0.3 is 6.09 Å². The maximum atomic E-state index is 11.7. The Hall–Kier alpha value is -3.27. The van der Waals surface area contributed by atoms with Gasteiger partial charge in [-0.3, -0.25) is 4.72 Å². The van der Waals surface area contributed by atoms with Crippen LogP contribution in [0.2, 0.25) is 0 Å². The van der Waals surface area contributed by atoms with Crippen LogP contribution in [0.4, 0.5) is 10.5 Å². The topological polar surface area (TPSA) is 122 Å². The van der Waals surface area contributed by atoms with E-state index in [2.05, 4.69) is 4.72 Å². The number of sulfonamides is 1. The standard InChI is InChI=1S/C23H30N2O7S/c1-31-21-9-7-17(18-8-10-22(32-2)20(16-18)24-33(3,29)30)15-19(21)11-13-25(23(27)28)12-5-4-6-14-26/h7-10,14-16,24H,4-6,11-13H2,1-3H3,(H,27,28). The zero-order chi connectivity index (χ0) is 24.4. The van der Waals surface area contributed by atoms with Gasteiger partial charge in [-0.2, -0.15) is 0 Å². The first-order chi connectivity index (χ1) is 15.7. The van der Waals surface area contributed by atoms with E-state index in [1.807, 2.05) is 18.2 Å². The highest BCUT2D eigenvalue weighted by molar-refractivity contribution is 7.92. The number of hydrogen-bond donors (Lipinski definition) is 2. The van der Waals surface area contributed by atoms with Crippen molar-refractivity contribution in [3.05, 3.63) is 42.0 Å². The van der Waals surface area contributed by atoms with Crippen LogP contribution in [0.5, 0.6) is 11.5 Å². The van der Waals surface area contributed by atoms with Crippen molar-refractivity contribution in [1.82, 2.24) is 4.90 Å². The Morgan fingerprint density at radius 3 is 2.24 bits per heavy atom. The highest BCUT2D eigenvalue weighted by Crippen LogP contribution is 2.33. The second-order valence-electron chi connectivity index (χ2n) is 7.50. The monoisotopic (exact) mass is 478 g/mol. The van der Waals surface area contributed by atoms with Gasteiger partial charge < -0.3 is 24.3 Å². The van der Waals surface area contributed by atoms with Crippen LogP contribution in [0.25, 0.3) is 11.1 Å². The molecule has 0 heterocycles. The van der Waals surface area contributed by atoms with E-state index in [1.165, 1.54) is 12.0 Å². The second-order valence-corrected chi connectivity index (χ2v) is 9.25. The number of ether oxygens (including phenoxy) is 2. The van der Waals surface area contributed by atoms with Crippen molar-refractivity contribution in [2.24, 2.45) is 0 Å². The molecule has 0 aliphatic heterocycles. The summed E-state index contributed by atoms with van der Waals surface area (Å²) in [5, 5.41) is 9.50. The maximum Gasteiger partial charge on any atom is 0.407 e. The van der Waals surface area contributed by atoms with E-state index >= 15 is 0 Å². The Kier molecular flexibility index (Phi) is 9.53. The number of nitrogens with one attached hydrogen (secondary N) is 1. The van der Waals surface area contributed by atoms with E-state index in [0.717, 1.165) is 29.2 Å². The van der Waals surface area contributed by atoms with E-state index in [-0.39, 0.29) is 6.54 Å². The normalized spacial score (nSPS) is 11.0. The summed E-state index contributed by atoms with van der Waals surface area (Å²) in [5.41, 5.74) is 2.72. The number of carboxylic acid groups (broad SMARTS) is 1. The van der Waals surface area contributed by atoms with Crippen LogP contribution < -0.4 is 14.2 Å². The molecule has 2 aromatic carbocycles. The van der Waals surface area contributed by atoms with Crippen molar-refractivity contribution in [2.45, 2.75) is 25.7 Å². The van der Waals surface area contributed by atoms with Crippen molar-refractivity contribution < 1.29 is 32.6 Å². The fourth-order valence-corrected chi connectivity index (χ4v) is 3.97. The molecule has 0 aliphatic carbocycles. The van der Waals surface area contributed by atoms with Crippen LogP contribution in [0.3, 0.4) is 0 Å². The van der Waals surface area contributed by atoms with Crippen molar-refractivity contribution in [2.75, 3.05) is 38.3 Å². The number of methoxy groups -OCH3 is 2. The number of benzene rings is 2. The van der Waals surface area contributed by atoms with Gasteiger partial charge in [-0.15, -0.1) is 0 Å². The molecular weight excluding hydrogens is 448 g/mol. The summed E-state index contributed by atoms with van der Waals surface area (Å²) >= 11 is 0. The molecule has 2 N–H and O–H groups in total. The van der Waals surface area contributed by atoms with Crippen molar-refractivity contribution in [3.63, 3.8) is 0 Å². The SMILES string of the molecule is COc1ccc(-c2ccc(OC)c(NS(C)(=O)=O)c2)cc1CCN(CCCCC=O)C(=O)O. The van der Waals surface area contributed by atoms with Gasteiger partial charge in [0.15, 0.2) is 0 Å². The van der Waals surface area contributed by atoms with Crippen molar-refractivity contribution in [3.8, 4) is 22.6 Å². The molecule has 9 nitrogen and oxygen atoms in total. The van der Waals surface area contributed by atoms with Gasteiger partial charge in [0, 0.05) is 19.5 Å². The molecule has 0 atom stereocenters. The van der Waals surface area contributed by atoms with Crippen LogP contribution in [0.1, 0.15) is 24.8 Å². The zero-order valence-electron chi connectivity index (χ0n) is 19.0. The first-order valence-corrected chi connectivity index (χ1v) is 12.3. The summed E-state index contributed by atoms with van der Waals surface area (Å²) in [4.78, 5) is 23.4. The summed E-state index contributed by atoms with van der Waals surface area (Å²) in [5.74, 6) is 1.03. The van der Waals surface area contributed by atoms with E-state index in [9.17, 15) is 23.1 Å². The van der Waals surface area contributed by atoms with Crippen LogP contribution >= 0.6 is 0 Å². The lowest BCUT2D eigenvalue weighted by atomic mass is 10.00. The lowest BCUT2D eigenvalue weighted by Gasteiger charge is -2.20. The Morgan fingerprint density at radius 1 is 1.03 bits per heavy atom. The molecule has 33 heavy (non-hydrogen) atoms. The summed E-state index contributed by atoms with van der Waals surface area (Å²) in [6, 6.07) is 10.7. The Labute approximate surface area is 194 Å². The molecule has 0 aromatic heterocycles. The summed E-state index contributed by atoms with van der Waals surface area (Å²) in [7, 11) is -0.486. The van der Waals surface area contributed by atoms with Crippen molar-refractivity contribution >= 4 is 28.1 Å². The molecule has 0 saturated carbocycles. The van der Waals surface area contributed by atoms with Gasteiger partial charge in [0.05, 0.1) is 26.2 Å². The number of hydrogen-bond acceptors (Lipinski definition) is 6. The molecule has 0 radical (unpaired) electrons. The number of anilines is 1. The van der Waals surface area contributed by atoms with Gasteiger partial charge in [0.25, 0.3) is 0 Å². The second kappa shape index (κ2) is 12.1. The Morgan fingerprint density at radius 2 is 1.67 bits per heavy atom. The van der Waals surface area contributed by atoms with Crippen LogP contribution in [-0.4, -0.2) is 64.4 Å². The fourth-order valence-electron chi connectivity index (χ4n) is 3.41. The molecular formula is C23H30N2O7S. The number of aldehydes is 1. The lowest BCUT2D eigenvalue weighted by molar-refractivity contribution is -0.107. The minimum Gasteiger partial charge on any atom is -0.496 e. The molecule has 0 spiro atoms. The fraction of sp³-hybridized carbons (Fsp3) is 0.391. The Balaban J connectivity index is 2.27. The third-order valence-corrected chi connectivity index (χ3v) is 5.62. The van der Waals surface area contributed by atoms with Crippen LogP contribution in [0, 0.1) is 0 Å². The first-order valence-electron chi connectivity index (χ1n) is 10.4. The van der Waals surface area contributed by atoms with E-state index < -0.39 is 16.1 Å². The van der Waals surface area contributed by atoms with E-state index in [4.69, 9.17) is 9.47 Å². The largest absolute Gasteiger partial charge is 0.496 e. The van der Waals surface area contributed by atoms with Crippen LogP contribution in [0.15, 0.2) is 36.4 Å². The molecule has 2 aromatic rings. The maximum absolute atomic E-state index is 11.7. The smallest absolute Gasteiger partial charge is 0.407 e. The number of carbonyl (C=O) groups is 2. The predicted molar refractivity (Wildman–Crippen MR) is 127 cm³/mol. The highest BCUT2D eigenvalue weighted by atomic mass is 32.2. The molecule has 0 bridgehead atoms. The van der Waals surface area contributed by atoms with Gasteiger partial charge in [0.1, 0.15) is 17.8 Å². The number of carbonyl (C=O) groups excluding carboxylic acids is 1. The van der Waals surface area contributed by atoms with Gasteiger partial charge in [-0.05, 0) is 60.2 Å². The molecule has 0 fully saturated rings. The molecule has 0 aliphatic rings. The van der Waals surface area contributed by atoms with Crippen LogP contribution in [-0.2, 0) is 21.2 Å². The van der Waals surface area contributed by atoms with E-state index in [1.54, 1.807) is 25.3 Å². The highest BCUT2D eigenvalue weighted by Gasteiger charge is 2.15. The zero-order valence-corrected chi connectivity index (χ0v) is 19.9. The average Bonchev–Trinajstić information content (AvgIpc) is 2.77. The van der Waals surface area contributed by atoms with Crippen molar-refractivity contribution in [1.29, 1.82) is 0 Å². The number of rotatable bonds is 13.